The van der Waals surface area contributed by atoms with Gasteiger partial charge in [-0.3, -0.25) is 0 Å². The predicted molar refractivity (Wildman–Crippen MR) is 40.8 cm³/mol. The molecule has 0 aromatic rings. The molecule has 0 fully saturated rings. The summed E-state index contributed by atoms with van der Waals surface area (Å²) >= 11 is 8.52. The summed E-state index contributed by atoms with van der Waals surface area (Å²) < 4.78 is 4.85. The Morgan fingerprint density at radius 1 is 2.00 bits per heavy atom. The van der Waals surface area contributed by atoms with Crippen LogP contribution in [0.25, 0.3) is 0 Å². The van der Waals surface area contributed by atoms with Crippen LogP contribution < -0.4 is 0 Å². The average molecular weight is 154 g/mol. The molecule has 42 valence electrons. The average Bonchev–Trinajstić information content (AvgIpc) is 1.61. The molecule has 0 spiro atoms. The molecule has 0 heterocycles. The summed E-state index contributed by atoms with van der Waals surface area (Å²) in [6.45, 7) is 3.97. The second-order valence-corrected chi connectivity index (χ2v) is 4.92. The highest BCUT2D eigenvalue weighted by atomic mass is 32.9. The van der Waals surface area contributed by atoms with Crippen LogP contribution >= 0.6 is 18.4 Å². The fourth-order valence-corrected chi connectivity index (χ4v) is 0.818. The van der Waals surface area contributed by atoms with Gasteiger partial charge in [-0.25, -0.2) is 0 Å². The molecule has 0 aromatic heterocycles. The van der Waals surface area contributed by atoms with E-state index in [2.05, 4.69) is 30.6 Å². The summed E-state index contributed by atoms with van der Waals surface area (Å²) in [5.41, 5.74) is 0. The van der Waals surface area contributed by atoms with Crippen molar-refractivity contribution in [2.45, 2.75) is 0 Å². The van der Waals surface area contributed by atoms with Crippen molar-refractivity contribution in [3.63, 3.8) is 0 Å². The highest BCUT2D eigenvalue weighted by Crippen LogP contribution is 2.26. The molecule has 0 aliphatic carbocycles. The number of hydrogen-bond acceptors (Lipinski definition) is 2. The van der Waals surface area contributed by atoms with Crippen molar-refractivity contribution in [1.82, 2.24) is 0 Å². The molecule has 0 aromatic carbocycles. The summed E-state index contributed by atoms with van der Waals surface area (Å²) in [6.07, 6.45) is 0.469. The Hall–Kier alpha value is 0.700. The smallest absolute Gasteiger partial charge is 0.105 e. The van der Waals surface area contributed by atoms with Crippen molar-refractivity contribution >= 4 is 30.2 Å². The van der Waals surface area contributed by atoms with Crippen molar-refractivity contribution in [3.8, 4) is 0 Å². The first-order valence-electron chi connectivity index (χ1n) is 1.74. The third-order valence-corrected chi connectivity index (χ3v) is 1.48. The molecule has 1 unspecified atom stereocenters. The lowest BCUT2D eigenvalue weighted by atomic mass is 10.7. The summed E-state index contributed by atoms with van der Waals surface area (Å²) in [4.78, 5) is 0. The molecule has 0 rings (SSSR count). The van der Waals surface area contributed by atoms with E-state index in [0.29, 0.717) is 6.61 Å². The summed E-state index contributed by atoms with van der Waals surface area (Å²) in [5, 5.41) is 0. The maximum atomic E-state index is 4.85. The van der Waals surface area contributed by atoms with Crippen LogP contribution in [0, 0.1) is 0 Å². The molecule has 7 heavy (non-hydrogen) atoms. The van der Waals surface area contributed by atoms with E-state index < -0.39 is 6.13 Å². The normalized spacial score (nSPS) is 13.3. The van der Waals surface area contributed by atoms with E-state index >= 15 is 0 Å². The summed E-state index contributed by atoms with van der Waals surface area (Å²) in [5.74, 6) is 0. The Bertz CT molecular complexity index is 83.0. The Labute approximate surface area is 54.4 Å². The Morgan fingerprint density at radius 2 is 2.57 bits per heavy atom. The largest absolute Gasteiger partial charge is 0.340 e. The quantitative estimate of drug-likeness (QED) is 0.376. The molecular formula is C3H7OPS2. The first kappa shape index (κ1) is 7.70. The van der Waals surface area contributed by atoms with Gasteiger partial charge in [0.2, 0.25) is 0 Å². The van der Waals surface area contributed by atoms with Gasteiger partial charge in [0.25, 0.3) is 0 Å². The topological polar surface area (TPSA) is 9.23 Å². The van der Waals surface area contributed by atoms with Gasteiger partial charge in [-0.2, -0.15) is 0 Å². The van der Waals surface area contributed by atoms with Crippen molar-refractivity contribution in [2.24, 2.45) is 0 Å². The highest BCUT2D eigenvalue weighted by molar-refractivity contribution is 8.54. The van der Waals surface area contributed by atoms with E-state index in [1.165, 1.54) is 0 Å². The molecule has 1 atom stereocenters. The van der Waals surface area contributed by atoms with Crippen LogP contribution in [0.1, 0.15) is 0 Å². The first-order chi connectivity index (χ1) is 3.27. The molecular weight excluding hydrogens is 147 g/mol. The molecule has 0 amide bonds. The van der Waals surface area contributed by atoms with Gasteiger partial charge < -0.3 is 4.52 Å². The lowest BCUT2D eigenvalue weighted by Crippen LogP contribution is -1.72. The molecule has 1 nitrogen and oxygen atoms in total. The van der Waals surface area contributed by atoms with Crippen molar-refractivity contribution in [2.75, 3.05) is 6.61 Å². The van der Waals surface area contributed by atoms with Crippen LogP contribution in [0.3, 0.4) is 0 Å². The van der Waals surface area contributed by atoms with Gasteiger partial charge in [0, 0.05) is 0 Å². The molecule has 0 radical (unpaired) electrons. The molecule has 0 bridgehead atoms. The Morgan fingerprint density at radius 3 is 2.71 bits per heavy atom. The van der Waals surface area contributed by atoms with Crippen LogP contribution in [0.5, 0.6) is 0 Å². The van der Waals surface area contributed by atoms with E-state index in [-0.39, 0.29) is 0 Å². The van der Waals surface area contributed by atoms with Crippen molar-refractivity contribution in [3.05, 3.63) is 12.7 Å². The highest BCUT2D eigenvalue weighted by Gasteiger charge is 1.77. The van der Waals surface area contributed by atoms with E-state index in [1.54, 1.807) is 6.08 Å². The van der Waals surface area contributed by atoms with Crippen molar-refractivity contribution < 1.29 is 4.52 Å². The number of rotatable bonds is 3. The molecule has 4 heteroatoms. The van der Waals surface area contributed by atoms with Gasteiger partial charge in [0.1, 0.15) is 6.13 Å². The molecule has 0 aliphatic heterocycles. The van der Waals surface area contributed by atoms with Gasteiger partial charge in [0.15, 0.2) is 0 Å². The molecule has 0 saturated heterocycles. The van der Waals surface area contributed by atoms with Crippen LogP contribution in [-0.2, 0) is 16.3 Å². The second-order valence-electron chi connectivity index (χ2n) is 0.866. The zero-order valence-electron chi connectivity index (χ0n) is 3.76. The van der Waals surface area contributed by atoms with E-state index in [0.717, 1.165) is 0 Å². The monoisotopic (exact) mass is 154 g/mol. The Balaban J connectivity index is 2.97. The SMILES string of the molecule is C=CCO[PH](=S)S. The zero-order valence-corrected chi connectivity index (χ0v) is 6.47. The standard InChI is InChI=1S/C3H7OPS2/c1-2-3-4-5(6)7/h2,5H,1,3H2,(H,6,7). The van der Waals surface area contributed by atoms with E-state index in [9.17, 15) is 0 Å². The van der Waals surface area contributed by atoms with Crippen LogP contribution in [-0.4, -0.2) is 6.61 Å². The van der Waals surface area contributed by atoms with E-state index in [4.69, 9.17) is 4.52 Å². The zero-order chi connectivity index (χ0) is 5.70. The van der Waals surface area contributed by atoms with Gasteiger partial charge in [-0.05, 0) is 0 Å². The number of hydrogen-bond donors (Lipinski definition) is 1. The van der Waals surface area contributed by atoms with Crippen LogP contribution in [0.4, 0.5) is 0 Å². The van der Waals surface area contributed by atoms with Gasteiger partial charge in [0.05, 0.1) is 6.61 Å². The molecule has 0 N–H and O–H groups in total. The van der Waals surface area contributed by atoms with Crippen molar-refractivity contribution in [1.29, 1.82) is 0 Å². The van der Waals surface area contributed by atoms with Gasteiger partial charge in [-0.1, -0.05) is 17.9 Å². The minimum atomic E-state index is -1.19. The summed E-state index contributed by atoms with van der Waals surface area (Å²) in [7, 11) is 0. The van der Waals surface area contributed by atoms with Gasteiger partial charge >= 0.3 is 0 Å². The van der Waals surface area contributed by atoms with Crippen LogP contribution in [0.2, 0.25) is 0 Å². The molecule has 0 saturated carbocycles. The number of thiol groups is 1. The fraction of sp³-hybridized carbons (Fsp3) is 0.333. The first-order valence-corrected chi connectivity index (χ1v) is 5.57. The van der Waals surface area contributed by atoms with Gasteiger partial charge in [-0.15, -0.1) is 18.8 Å². The fourth-order valence-electron chi connectivity index (χ4n) is 0.130. The lowest BCUT2D eigenvalue weighted by molar-refractivity contribution is 0.423. The summed E-state index contributed by atoms with van der Waals surface area (Å²) in [6, 6.07) is 0. The van der Waals surface area contributed by atoms with Crippen LogP contribution in [0.15, 0.2) is 12.7 Å². The minimum Gasteiger partial charge on any atom is -0.340 e. The lowest BCUT2D eigenvalue weighted by Gasteiger charge is -1.92. The maximum absolute atomic E-state index is 4.85. The minimum absolute atomic E-state index is 0.529. The Kier molecular flexibility index (Phi) is 5.33. The molecule has 0 aliphatic rings. The van der Waals surface area contributed by atoms with E-state index in [1.807, 2.05) is 0 Å². The maximum Gasteiger partial charge on any atom is 0.105 e. The second kappa shape index (κ2) is 4.85. The third-order valence-electron chi connectivity index (χ3n) is 0.325. The third kappa shape index (κ3) is 6.70. The predicted octanol–water partition coefficient (Wildman–Crippen LogP) is 1.62.